The number of hydrogen-bond acceptors (Lipinski definition) is 5. The molecule has 2 aromatic carbocycles. The van der Waals surface area contributed by atoms with E-state index < -0.39 is 16.9 Å². The Bertz CT molecular complexity index is 876. The van der Waals surface area contributed by atoms with E-state index in [2.05, 4.69) is 15.5 Å². The summed E-state index contributed by atoms with van der Waals surface area (Å²) in [6.45, 7) is 3.65. The molecule has 0 bridgehead atoms. The van der Waals surface area contributed by atoms with Gasteiger partial charge in [0.05, 0.1) is 4.92 Å². The highest BCUT2D eigenvalue weighted by Gasteiger charge is 2.19. The molecule has 1 aliphatic rings. The normalized spacial score (nSPS) is 14.4. The lowest BCUT2D eigenvalue weighted by Gasteiger charge is -2.18. The Labute approximate surface area is 162 Å². The third-order valence-electron chi connectivity index (χ3n) is 4.67. The molecule has 0 spiro atoms. The minimum Gasteiger partial charge on any atom is -0.372 e. The smallest absolute Gasteiger partial charge is 0.270 e. The lowest BCUT2D eigenvalue weighted by atomic mass is 10.1. The van der Waals surface area contributed by atoms with Crippen molar-refractivity contribution in [2.24, 2.45) is 0 Å². The first-order valence-corrected chi connectivity index (χ1v) is 9.15. The van der Waals surface area contributed by atoms with E-state index in [1.165, 1.54) is 37.1 Å². The van der Waals surface area contributed by atoms with Gasteiger partial charge in [-0.15, -0.1) is 0 Å². The fourth-order valence-corrected chi connectivity index (χ4v) is 3.09. The minimum atomic E-state index is -0.801. The number of carbonyl (C=O) groups is 2. The van der Waals surface area contributed by atoms with Crippen molar-refractivity contribution >= 4 is 28.9 Å². The lowest BCUT2D eigenvalue weighted by molar-refractivity contribution is -0.384. The van der Waals surface area contributed by atoms with Crippen LogP contribution >= 0.6 is 0 Å². The van der Waals surface area contributed by atoms with Gasteiger partial charge in [0, 0.05) is 42.2 Å². The highest BCUT2D eigenvalue weighted by Crippen LogP contribution is 2.22. The van der Waals surface area contributed by atoms with E-state index in [0.29, 0.717) is 5.69 Å². The Hall–Kier alpha value is -3.42. The third kappa shape index (κ3) is 4.64. The molecular formula is C20H22N4O4. The molecule has 146 valence electrons. The van der Waals surface area contributed by atoms with Crippen LogP contribution in [0.5, 0.6) is 0 Å². The first-order valence-electron chi connectivity index (χ1n) is 9.15. The topological polar surface area (TPSA) is 105 Å². The molecule has 2 amide bonds. The second-order valence-electron chi connectivity index (χ2n) is 6.73. The second-order valence-corrected chi connectivity index (χ2v) is 6.73. The predicted octanol–water partition coefficient (Wildman–Crippen LogP) is 2.95. The molecule has 0 radical (unpaired) electrons. The summed E-state index contributed by atoms with van der Waals surface area (Å²) in [6, 6.07) is 12.2. The number of nitrogens with zero attached hydrogens (tertiary/aromatic N) is 2. The van der Waals surface area contributed by atoms with Crippen LogP contribution in [0, 0.1) is 10.1 Å². The number of nitro benzene ring substituents is 1. The van der Waals surface area contributed by atoms with Gasteiger partial charge < -0.3 is 15.5 Å². The van der Waals surface area contributed by atoms with E-state index in [1.54, 1.807) is 6.92 Å². The van der Waals surface area contributed by atoms with E-state index in [9.17, 15) is 19.7 Å². The monoisotopic (exact) mass is 382 g/mol. The minimum absolute atomic E-state index is 0.129. The summed E-state index contributed by atoms with van der Waals surface area (Å²) in [5, 5.41) is 16.1. The number of carbonyl (C=O) groups excluding carboxylic acids is 2. The number of nitro groups is 1. The molecule has 1 saturated heterocycles. The van der Waals surface area contributed by atoms with Gasteiger partial charge >= 0.3 is 0 Å². The van der Waals surface area contributed by atoms with Crippen LogP contribution in [-0.4, -0.2) is 35.9 Å². The molecule has 2 aromatic rings. The largest absolute Gasteiger partial charge is 0.372 e. The highest BCUT2D eigenvalue weighted by atomic mass is 16.6. The zero-order valence-electron chi connectivity index (χ0n) is 15.6. The van der Waals surface area contributed by atoms with E-state index in [-0.39, 0.29) is 17.2 Å². The molecular weight excluding hydrogens is 360 g/mol. The van der Waals surface area contributed by atoms with E-state index in [1.807, 2.05) is 24.3 Å². The zero-order valence-corrected chi connectivity index (χ0v) is 15.6. The van der Waals surface area contributed by atoms with Crippen LogP contribution in [0.2, 0.25) is 0 Å². The van der Waals surface area contributed by atoms with Crippen LogP contribution in [0.3, 0.4) is 0 Å². The van der Waals surface area contributed by atoms with Crippen molar-refractivity contribution in [3.8, 4) is 0 Å². The summed E-state index contributed by atoms with van der Waals surface area (Å²) in [7, 11) is 0. The van der Waals surface area contributed by atoms with Gasteiger partial charge in [-0.1, -0.05) is 6.07 Å². The maximum Gasteiger partial charge on any atom is 0.270 e. The molecule has 1 heterocycles. The number of anilines is 2. The summed E-state index contributed by atoms with van der Waals surface area (Å²) in [5.74, 6) is -0.913. The van der Waals surface area contributed by atoms with Crippen LogP contribution in [0.15, 0.2) is 48.5 Å². The number of amides is 2. The number of non-ortho nitro benzene ring substituents is 1. The van der Waals surface area contributed by atoms with Crippen molar-refractivity contribution in [2.75, 3.05) is 23.3 Å². The molecule has 0 saturated carbocycles. The second kappa shape index (κ2) is 8.51. The molecule has 3 rings (SSSR count). The fourth-order valence-electron chi connectivity index (χ4n) is 3.09. The summed E-state index contributed by atoms with van der Waals surface area (Å²) in [6.07, 6.45) is 2.39. The molecule has 8 heteroatoms. The van der Waals surface area contributed by atoms with Crippen molar-refractivity contribution in [3.63, 3.8) is 0 Å². The van der Waals surface area contributed by atoms with E-state index in [4.69, 9.17) is 0 Å². The molecule has 8 nitrogen and oxygen atoms in total. The van der Waals surface area contributed by atoms with Crippen molar-refractivity contribution in [1.82, 2.24) is 5.32 Å². The maximum atomic E-state index is 12.4. The van der Waals surface area contributed by atoms with Gasteiger partial charge in [0.25, 0.3) is 11.6 Å². The van der Waals surface area contributed by atoms with Gasteiger partial charge in [-0.2, -0.15) is 0 Å². The molecule has 0 aromatic heterocycles. The first kappa shape index (κ1) is 19.3. The van der Waals surface area contributed by atoms with Crippen LogP contribution < -0.4 is 15.5 Å². The van der Waals surface area contributed by atoms with Crippen LogP contribution in [0.1, 0.15) is 30.1 Å². The zero-order chi connectivity index (χ0) is 20.1. The predicted molar refractivity (Wildman–Crippen MR) is 107 cm³/mol. The Morgan fingerprint density at radius 2 is 1.79 bits per heavy atom. The summed E-state index contributed by atoms with van der Waals surface area (Å²) < 4.78 is 0. The van der Waals surface area contributed by atoms with Gasteiger partial charge in [0.15, 0.2) is 0 Å². The highest BCUT2D eigenvalue weighted by molar-refractivity contribution is 6.01. The van der Waals surface area contributed by atoms with Gasteiger partial charge in [-0.3, -0.25) is 19.7 Å². The molecule has 0 aliphatic carbocycles. The molecule has 1 fully saturated rings. The SMILES string of the molecule is CC(NC(=O)c1cccc([N+](=O)[O-])c1)C(=O)Nc1ccc(N2CCCC2)cc1. The van der Waals surface area contributed by atoms with Gasteiger partial charge in [0.2, 0.25) is 5.91 Å². The molecule has 1 unspecified atom stereocenters. The Kier molecular flexibility index (Phi) is 5.88. The Balaban J connectivity index is 1.57. The first-order chi connectivity index (χ1) is 13.4. The average Bonchev–Trinajstić information content (AvgIpc) is 3.23. The summed E-state index contributed by atoms with van der Waals surface area (Å²) in [5.41, 5.74) is 1.72. The number of hydrogen-bond donors (Lipinski definition) is 2. The van der Waals surface area contributed by atoms with Gasteiger partial charge in [0.1, 0.15) is 6.04 Å². The summed E-state index contributed by atoms with van der Waals surface area (Å²) in [4.78, 5) is 37.2. The number of benzene rings is 2. The average molecular weight is 382 g/mol. The van der Waals surface area contributed by atoms with Crippen molar-refractivity contribution in [3.05, 3.63) is 64.2 Å². The number of rotatable bonds is 6. The molecule has 2 N–H and O–H groups in total. The van der Waals surface area contributed by atoms with Crippen molar-refractivity contribution in [1.29, 1.82) is 0 Å². The maximum absolute atomic E-state index is 12.4. The fraction of sp³-hybridized carbons (Fsp3) is 0.300. The van der Waals surface area contributed by atoms with Gasteiger partial charge in [-0.25, -0.2) is 0 Å². The van der Waals surface area contributed by atoms with Crippen LogP contribution in [0.25, 0.3) is 0 Å². The quantitative estimate of drug-likeness (QED) is 0.590. The Morgan fingerprint density at radius 3 is 2.43 bits per heavy atom. The standard InChI is InChI=1S/C20H22N4O4/c1-14(21-20(26)15-5-4-6-18(13-15)24(27)28)19(25)22-16-7-9-17(10-8-16)23-11-2-3-12-23/h4-10,13-14H,2-3,11-12H2,1H3,(H,21,26)(H,22,25). The Morgan fingerprint density at radius 1 is 1.11 bits per heavy atom. The van der Waals surface area contributed by atoms with Crippen LogP contribution in [0.4, 0.5) is 17.1 Å². The van der Waals surface area contributed by atoms with Gasteiger partial charge in [-0.05, 0) is 50.1 Å². The lowest BCUT2D eigenvalue weighted by Crippen LogP contribution is -2.41. The van der Waals surface area contributed by atoms with E-state index in [0.717, 1.165) is 18.8 Å². The molecule has 1 aliphatic heterocycles. The van der Waals surface area contributed by atoms with Crippen LogP contribution in [-0.2, 0) is 4.79 Å². The van der Waals surface area contributed by atoms with E-state index >= 15 is 0 Å². The van der Waals surface area contributed by atoms with Crippen molar-refractivity contribution in [2.45, 2.75) is 25.8 Å². The third-order valence-corrected chi connectivity index (χ3v) is 4.67. The summed E-state index contributed by atoms with van der Waals surface area (Å²) >= 11 is 0. The number of nitrogens with one attached hydrogen (secondary N) is 2. The molecule has 1 atom stereocenters. The molecule has 28 heavy (non-hydrogen) atoms. The van der Waals surface area contributed by atoms with Crippen molar-refractivity contribution < 1.29 is 14.5 Å².